The van der Waals surface area contributed by atoms with Crippen molar-refractivity contribution in [3.63, 3.8) is 0 Å². The van der Waals surface area contributed by atoms with Crippen molar-refractivity contribution in [3.05, 3.63) is 66.0 Å². The summed E-state index contributed by atoms with van der Waals surface area (Å²) in [7, 11) is -3.52. The molecule has 0 aliphatic carbocycles. The number of hydrogen-bond acceptors (Lipinski definition) is 6. The highest BCUT2D eigenvalue weighted by Gasteiger charge is 2.24. The van der Waals surface area contributed by atoms with Crippen molar-refractivity contribution in [3.8, 4) is 0 Å². The van der Waals surface area contributed by atoms with Crippen molar-refractivity contribution in [2.24, 2.45) is 0 Å². The molecular weight excluding hydrogens is 432 g/mol. The van der Waals surface area contributed by atoms with Crippen LogP contribution in [-0.2, 0) is 33.4 Å². The highest BCUT2D eigenvalue weighted by Crippen LogP contribution is 2.28. The number of fused-ring (bicyclic) bond motifs is 1. The summed E-state index contributed by atoms with van der Waals surface area (Å²) in [4.78, 5) is 15.0. The van der Waals surface area contributed by atoms with Crippen LogP contribution in [0.1, 0.15) is 24.7 Å². The summed E-state index contributed by atoms with van der Waals surface area (Å²) in [6.45, 7) is 3.14. The van der Waals surface area contributed by atoms with Crippen molar-refractivity contribution in [1.82, 2.24) is 14.8 Å². The van der Waals surface area contributed by atoms with E-state index in [1.54, 1.807) is 34.9 Å². The standard InChI is InChI=1S/C22H24N4O3S2/c1-2-25-20(16-31(28,29)18-11-4-3-5-12-18)23-24-22(25)30-15-21(27)26-14-8-10-17-9-6-7-13-19(17)26/h3-7,9,11-13H,2,8,10,14-16H2,1H3. The van der Waals surface area contributed by atoms with Gasteiger partial charge in [0.25, 0.3) is 0 Å². The van der Waals surface area contributed by atoms with Gasteiger partial charge in [0.05, 0.1) is 10.6 Å². The predicted octanol–water partition coefficient (Wildman–Crippen LogP) is 3.34. The van der Waals surface area contributed by atoms with Crippen LogP contribution < -0.4 is 4.90 Å². The van der Waals surface area contributed by atoms with Crippen molar-refractivity contribution in [1.29, 1.82) is 0 Å². The number of anilines is 1. The van der Waals surface area contributed by atoms with Crippen LogP contribution >= 0.6 is 11.8 Å². The van der Waals surface area contributed by atoms with Gasteiger partial charge in [-0.05, 0) is 43.5 Å². The highest BCUT2D eigenvalue weighted by molar-refractivity contribution is 7.99. The molecule has 2 aromatic carbocycles. The van der Waals surface area contributed by atoms with Gasteiger partial charge in [-0.15, -0.1) is 10.2 Å². The maximum absolute atomic E-state index is 12.9. The SMILES string of the molecule is CCn1c(CS(=O)(=O)c2ccccc2)nnc1SCC(=O)N1CCCc2ccccc21. The Morgan fingerprint density at radius 2 is 1.81 bits per heavy atom. The number of nitrogens with zero attached hydrogens (tertiary/aromatic N) is 4. The summed E-state index contributed by atoms with van der Waals surface area (Å²) in [5.74, 6) is 0.384. The molecule has 1 aliphatic rings. The van der Waals surface area contributed by atoms with E-state index in [2.05, 4.69) is 16.3 Å². The molecule has 1 aromatic heterocycles. The number of aromatic nitrogens is 3. The van der Waals surface area contributed by atoms with Crippen LogP contribution in [0.5, 0.6) is 0 Å². The average molecular weight is 457 g/mol. The summed E-state index contributed by atoms with van der Waals surface area (Å²) in [6, 6.07) is 16.3. The van der Waals surface area contributed by atoms with Gasteiger partial charge >= 0.3 is 0 Å². The lowest BCUT2D eigenvalue weighted by atomic mass is 10.0. The van der Waals surface area contributed by atoms with Gasteiger partial charge in [0, 0.05) is 18.8 Å². The maximum atomic E-state index is 12.9. The first kappa shape index (κ1) is 21.6. The number of carbonyl (C=O) groups excluding carboxylic acids is 1. The molecule has 3 aromatic rings. The molecule has 162 valence electrons. The molecule has 0 bridgehead atoms. The van der Waals surface area contributed by atoms with E-state index in [0.29, 0.717) is 24.1 Å². The molecule has 2 heterocycles. The highest BCUT2D eigenvalue weighted by atomic mass is 32.2. The molecule has 0 saturated heterocycles. The minimum Gasteiger partial charge on any atom is -0.311 e. The Morgan fingerprint density at radius 3 is 2.58 bits per heavy atom. The lowest BCUT2D eigenvalue weighted by Crippen LogP contribution is -2.36. The van der Waals surface area contributed by atoms with Gasteiger partial charge in [0.1, 0.15) is 11.6 Å². The molecule has 0 N–H and O–H groups in total. The summed E-state index contributed by atoms with van der Waals surface area (Å²) < 4.78 is 27.2. The van der Waals surface area contributed by atoms with Crippen LogP contribution in [0.25, 0.3) is 0 Å². The van der Waals surface area contributed by atoms with Crippen LogP contribution in [0.4, 0.5) is 5.69 Å². The zero-order chi connectivity index (χ0) is 21.8. The van der Waals surface area contributed by atoms with Crippen LogP contribution in [0.3, 0.4) is 0 Å². The first-order valence-corrected chi connectivity index (χ1v) is 12.8. The Hall–Kier alpha value is -2.65. The van der Waals surface area contributed by atoms with Crippen molar-refractivity contribution < 1.29 is 13.2 Å². The number of hydrogen-bond donors (Lipinski definition) is 0. The monoisotopic (exact) mass is 456 g/mol. The maximum Gasteiger partial charge on any atom is 0.237 e. The molecule has 0 spiro atoms. The molecule has 0 atom stereocenters. The van der Waals surface area contributed by atoms with Crippen molar-refractivity contribution >= 4 is 33.2 Å². The minimum atomic E-state index is -3.52. The Balaban J connectivity index is 1.47. The third-order valence-corrected chi connectivity index (χ3v) is 7.85. The number of amides is 1. The van der Waals surface area contributed by atoms with Crippen LogP contribution in [0.2, 0.25) is 0 Å². The molecule has 0 saturated carbocycles. The molecule has 7 nitrogen and oxygen atoms in total. The predicted molar refractivity (Wildman–Crippen MR) is 121 cm³/mol. The molecule has 0 radical (unpaired) electrons. The molecule has 0 unspecified atom stereocenters. The molecule has 0 fully saturated rings. The summed E-state index contributed by atoms with van der Waals surface area (Å²) >= 11 is 1.29. The van der Waals surface area contributed by atoms with Gasteiger partial charge in [-0.3, -0.25) is 4.79 Å². The fraction of sp³-hybridized carbons (Fsp3) is 0.318. The molecular formula is C22H24N4O3S2. The number of carbonyl (C=O) groups is 1. The fourth-order valence-electron chi connectivity index (χ4n) is 3.73. The van der Waals surface area contributed by atoms with Gasteiger partial charge in [-0.2, -0.15) is 0 Å². The van der Waals surface area contributed by atoms with E-state index in [-0.39, 0.29) is 22.3 Å². The summed E-state index contributed by atoms with van der Waals surface area (Å²) in [5.41, 5.74) is 2.17. The first-order chi connectivity index (χ1) is 15.0. The van der Waals surface area contributed by atoms with E-state index in [1.165, 1.54) is 17.3 Å². The Morgan fingerprint density at radius 1 is 1.06 bits per heavy atom. The molecule has 9 heteroatoms. The largest absolute Gasteiger partial charge is 0.311 e. The number of sulfone groups is 1. The van der Waals surface area contributed by atoms with E-state index >= 15 is 0 Å². The zero-order valence-corrected chi connectivity index (χ0v) is 18.9. The number of aryl methyl sites for hydroxylation is 1. The second kappa shape index (κ2) is 9.23. The summed E-state index contributed by atoms with van der Waals surface area (Å²) in [5, 5.41) is 8.83. The van der Waals surface area contributed by atoms with Crippen molar-refractivity contribution in [2.75, 3.05) is 17.2 Å². The van der Waals surface area contributed by atoms with E-state index in [0.717, 1.165) is 18.5 Å². The second-order valence-corrected chi connectivity index (χ2v) is 10.2. The van der Waals surface area contributed by atoms with E-state index in [1.807, 2.05) is 30.0 Å². The molecule has 4 rings (SSSR count). The smallest absolute Gasteiger partial charge is 0.237 e. The lowest BCUT2D eigenvalue weighted by molar-refractivity contribution is -0.116. The number of para-hydroxylation sites is 1. The lowest BCUT2D eigenvalue weighted by Gasteiger charge is -2.29. The second-order valence-electron chi connectivity index (χ2n) is 7.28. The normalized spacial score (nSPS) is 13.8. The first-order valence-electron chi connectivity index (χ1n) is 10.2. The van der Waals surface area contributed by atoms with Gasteiger partial charge in [-0.1, -0.05) is 48.2 Å². The third kappa shape index (κ3) is 4.67. The molecule has 1 amide bonds. The van der Waals surface area contributed by atoms with Crippen LogP contribution in [0.15, 0.2) is 64.6 Å². The van der Waals surface area contributed by atoms with E-state index < -0.39 is 9.84 Å². The van der Waals surface area contributed by atoms with E-state index in [4.69, 9.17) is 0 Å². The summed E-state index contributed by atoms with van der Waals surface area (Å²) in [6.07, 6.45) is 1.93. The van der Waals surface area contributed by atoms with Crippen molar-refractivity contribution in [2.45, 2.75) is 42.1 Å². The topological polar surface area (TPSA) is 85.2 Å². The number of thioether (sulfide) groups is 1. The number of benzene rings is 2. The van der Waals surface area contributed by atoms with Gasteiger partial charge in [-0.25, -0.2) is 8.42 Å². The Bertz CT molecular complexity index is 1180. The number of rotatable bonds is 7. The third-order valence-electron chi connectivity index (χ3n) is 5.27. The zero-order valence-electron chi connectivity index (χ0n) is 17.3. The van der Waals surface area contributed by atoms with Gasteiger partial charge < -0.3 is 9.47 Å². The molecule has 31 heavy (non-hydrogen) atoms. The minimum absolute atomic E-state index is 0.0151. The van der Waals surface area contributed by atoms with E-state index in [9.17, 15) is 13.2 Å². The van der Waals surface area contributed by atoms with Crippen LogP contribution in [-0.4, -0.2) is 41.4 Å². The molecule has 1 aliphatic heterocycles. The average Bonchev–Trinajstić information content (AvgIpc) is 3.18. The van der Waals surface area contributed by atoms with Gasteiger partial charge in [0.15, 0.2) is 15.0 Å². The van der Waals surface area contributed by atoms with Gasteiger partial charge in [0.2, 0.25) is 5.91 Å². The van der Waals surface area contributed by atoms with Crippen LogP contribution in [0, 0.1) is 0 Å². The Kier molecular flexibility index (Phi) is 6.43. The quantitative estimate of drug-likeness (QED) is 0.507. The Labute approximate surface area is 186 Å². The fourth-order valence-corrected chi connectivity index (χ4v) is 5.92.